The molecule has 1 aromatic rings. The molecule has 1 saturated heterocycles. The number of hydrogen-bond donors (Lipinski definition) is 2. The van der Waals surface area contributed by atoms with Crippen molar-refractivity contribution in [1.82, 2.24) is 4.72 Å². The van der Waals surface area contributed by atoms with Gasteiger partial charge in [0.05, 0.1) is 11.5 Å². The number of rotatable bonds is 5. The molecule has 0 radical (unpaired) electrons. The first kappa shape index (κ1) is 16.2. The van der Waals surface area contributed by atoms with E-state index in [0.29, 0.717) is 30.9 Å². The molecule has 3 N–H and O–H groups in total. The first-order valence-corrected chi connectivity index (χ1v) is 8.27. The third kappa shape index (κ3) is 3.37. The van der Waals surface area contributed by atoms with Crippen molar-refractivity contribution >= 4 is 15.7 Å². The number of methoxy groups -OCH3 is 1. The Balaban J connectivity index is 2.23. The molecular formula is C14H22N2O4S. The lowest BCUT2D eigenvalue weighted by Crippen LogP contribution is -2.45. The van der Waals surface area contributed by atoms with E-state index in [1.807, 2.05) is 6.92 Å². The normalized spacial score (nSPS) is 22.6. The fourth-order valence-electron chi connectivity index (χ4n) is 2.40. The summed E-state index contributed by atoms with van der Waals surface area (Å²) in [4.78, 5) is 0.213. The van der Waals surface area contributed by atoms with Crippen LogP contribution >= 0.6 is 0 Å². The van der Waals surface area contributed by atoms with E-state index in [9.17, 15) is 8.42 Å². The Hall–Kier alpha value is -1.15. The lowest BCUT2D eigenvalue weighted by atomic mass is 10.0. The number of nitrogens with two attached hydrogens (primary N) is 1. The zero-order valence-corrected chi connectivity index (χ0v) is 13.4. The van der Waals surface area contributed by atoms with Gasteiger partial charge in [-0.3, -0.25) is 0 Å². The molecule has 0 spiro atoms. The van der Waals surface area contributed by atoms with E-state index < -0.39 is 15.6 Å². The Bertz CT molecular complexity index is 622. The predicted octanol–water partition coefficient (Wildman–Crippen LogP) is 0.969. The summed E-state index contributed by atoms with van der Waals surface area (Å²) in [6.07, 6.45) is 0.668. The van der Waals surface area contributed by atoms with Gasteiger partial charge in [0.1, 0.15) is 5.60 Å². The van der Waals surface area contributed by atoms with E-state index in [1.54, 1.807) is 26.2 Å². The molecule has 0 aromatic heterocycles. The smallest absolute Gasteiger partial charge is 0.241 e. The average molecular weight is 314 g/mol. The highest BCUT2D eigenvalue weighted by Crippen LogP contribution is 2.25. The van der Waals surface area contributed by atoms with Crippen molar-refractivity contribution in [3.8, 4) is 0 Å². The summed E-state index contributed by atoms with van der Waals surface area (Å²) in [7, 11) is -2.07. The minimum absolute atomic E-state index is 0.180. The molecule has 1 aliphatic heterocycles. The van der Waals surface area contributed by atoms with E-state index in [-0.39, 0.29) is 11.4 Å². The van der Waals surface area contributed by atoms with E-state index in [2.05, 4.69) is 4.72 Å². The maximum atomic E-state index is 12.5. The fourth-order valence-corrected chi connectivity index (χ4v) is 3.87. The third-order valence-corrected chi connectivity index (χ3v) is 5.45. The summed E-state index contributed by atoms with van der Waals surface area (Å²) < 4.78 is 38.4. The highest BCUT2D eigenvalue weighted by molar-refractivity contribution is 7.89. The van der Waals surface area contributed by atoms with Crippen LogP contribution in [0.4, 0.5) is 5.69 Å². The van der Waals surface area contributed by atoms with Gasteiger partial charge in [0.2, 0.25) is 10.0 Å². The molecule has 7 heteroatoms. The van der Waals surface area contributed by atoms with Gasteiger partial charge >= 0.3 is 0 Å². The fraction of sp³-hybridized carbons (Fsp3) is 0.571. The average Bonchev–Trinajstić information content (AvgIpc) is 2.90. The van der Waals surface area contributed by atoms with Gasteiger partial charge in [-0.25, -0.2) is 13.1 Å². The first-order valence-electron chi connectivity index (χ1n) is 6.79. The van der Waals surface area contributed by atoms with E-state index in [1.165, 1.54) is 0 Å². The zero-order chi connectivity index (χ0) is 15.7. The molecule has 1 heterocycles. The van der Waals surface area contributed by atoms with Gasteiger partial charge in [-0.1, -0.05) is 0 Å². The predicted molar refractivity (Wildman–Crippen MR) is 80.7 cm³/mol. The summed E-state index contributed by atoms with van der Waals surface area (Å²) in [5.74, 6) is 0. The number of nitrogen functional groups attached to an aromatic ring is 1. The number of anilines is 1. The molecule has 1 unspecified atom stereocenters. The number of benzene rings is 1. The molecule has 1 aromatic carbocycles. The summed E-state index contributed by atoms with van der Waals surface area (Å²) in [6.45, 7) is 4.66. The van der Waals surface area contributed by atoms with Crippen molar-refractivity contribution in [2.24, 2.45) is 0 Å². The largest absolute Gasteiger partial charge is 0.398 e. The van der Waals surface area contributed by atoms with Gasteiger partial charge < -0.3 is 15.2 Å². The van der Waals surface area contributed by atoms with Gasteiger partial charge in [0.15, 0.2) is 0 Å². The van der Waals surface area contributed by atoms with Crippen LogP contribution in [0.5, 0.6) is 0 Å². The first-order chi connectivity index (χ1) is 9.80. The van der Waals surface area contributed by atoms with E-state index in [0.717, 1.165) is 5.56 Å². The maximum absolute atomic E-state index is 12.5. The summed E-state index contributed by atoms with van der Waals surface area (Å²) >= 11 is 0. The van der Waals surface area contributed by atoms with Crippen LogP contribution in [-0.2, 0) is 19.5 Å². The summed E-state index contributed by atoms with van der Waals surface area (Å²) in [6, 6.07) is 3.38. The second kappa shape index (κ2) is 5.92. The second-order valence-electron chi connectivity index (χ2n) is 5.49. The lowest BCUT2D eigenvalue weighted by Gasteiger charge is -2.26. The Labute approximate surface area is 125 Å². The molecule has 21 heavy (non-hydrogen) atoms. The molecule has 0 aliphatic carbocycles. The molecule has 1 fully saturated rings. The van der Waals surface area contributed by atoms with Crippen LogP contribution in [0.1, 0.15) is 17.5 Å². The molecule has 0 amide bonds. The zero-order valence-electron chi connectivity index (χ0n) is 12.6. The van der Waals surface area contributed by atoms with Crippen molar-refractivity contribution in [2.45, 2.75) is 30.8 Å². The molecular weight excluding hydrogens is 292 g/mol. The standard InChI is InChI=1S/C14H22N2O4S/c1-10-6-12(15)11(2)13(7-10)21(17,18)16-8-14(19-3)4-5-20-9-14/h6-7,16H,4-5,8-9,15H2,1-3H3. The maximum Gasteiger partial charge on any atom is 0.241 e. The van der Waals surface area contributed by atoms with Crippen molar-refractivity contribution < 1.29 is 17.9 Å². The monoisotopic (exact) mass is 314 g/mol. The second-order valence-corrected chi connectivity index (χ2v) is 7.23. The van der Waals surface area contributed by atoms with Crippen LogP contribution < -0.4 is 10.5 Å². The van der Waals surface area contributed by atoms with Gasteiger partial charge in [-0.2, -0.15) is 0 Å². The van der Waals surface area contributed by atoms with Crippen LogP contribution in [0.3, 0.4) is 0 Å². The third-order valence-electron chi connectivity index (χ3n) is 3.92. The van der Waals surface area contributed by atoms with Crippen LogP contribution in [-0.4, -0.2) is 40.9 Å². The van der Waals surface area contributed by atoms with Crippen molar-refractivity contribution in [3.05, 3.63) is 23.3 Å². The van der Waals surface area contributed by atoms with Gasteiger partial charge in [-0.15, -0.1) is 0 Å². The molecule has 1 atom stereocenters. The molecule has 0 bridgehead atoms. The van der Waals surface area contributed by atoms with Crippen molar-refractivity contribution in [3.63, 3.8) is 0 Å². The minimum atomic E-state index is -3.64. The molecule has 118 valence electrons. The molecule has 2 rings (SSSR count). The summed E-state index contributed by atoms with van der Waals surface area (Å²) in [5, 5.41) is 0. The number of nitrogens with one attached hydrogen (secondary N) is 1. The van der Waals surface area contributed by atoms with Crippen LogP contribution in [0.2, 0.25) is 0 Å². The van der Waals surface area contributed by atoms with Gasteiger partial charge in [-0.05, 0) is 37.1 Å². The molecule has 6 nitrogen and oxygen atoms in total. The quantitative estimate of drug-likeness (QED) is 0.790. The minimum Gasteiger partial charge on any atom is -0.398 e. The van der Waals surface area contributed by atoms with Gasteiger partial charge in [0.25, 0.3) is 0 Å². The van der Waals surface area contributed by atoms with Crippen molar-refractivity contribution in [2.75, 3.05) is 32.6 Å². The topological polar surface area (TPSA) is 90.7 Å². The van der Waals surface area contributed by atoms with E-state index in [4.69, 9.17) is 15.2 Å². The highest BCUT2D eigenvalue weighted by atomic mass is 32.2. The number of aryl methyl sites for hydroxylation is 1. The van der Waals surface area contributed by atoms with Gasteiger partial charge in [0, 0.05) is 32.4 Å². The Morgan fingerprint density at radius 1 is 1.43 bits per heavy atom. The van der Waals surface area contributed by atoms with Crippen molar-refractivity contribution in [1.29, 1.82) is 0 Å². The molecule has 0 saturated carbocycles. The Morgan fingerprint density at radius 2 is 2.14 bits per heavy atom. The lowest BCUT2D eigenvalue weighted by molar-refractivity contribution is -0.0120. The summed E-state index contributed by atoms with van der Waals surface area (Å²) in [5.41, 5.74) is 7.10. The highest BCUT2D eigenvalue weighted by Gasteiger charge is 2.36. The van der Waals surface area contributed by atoms with Crippen LogP contribution in [0.15, 0.2) is 17.0 Å². The van der Waals surface area contributed by atoms with Crippen LogP contribution in [0, 0.1) is 13.8 Å². The Kier molecular flexibility index (Phi) is 4.57. The number of sulfonamides is 1. The Morgan fingerprint density at radius 3 is 2.71 bits per heavy atom. The SMILES string of the molecule is COC1(CNS(=O)(=O)c2cc(C)cc(N)c2C)CCOC1. The van der Waals surface area contributed by atoms with Crippen LogP contribution in [0.25, 0.3) is 0 Å². The number of hydrogen-bond acceptors (Lipinski definition) is 5. The number of ether oxygens (including phenoxy) is 2. The molecule has 1 aliphatic rings. The van der Waals surface area contributed by atoms with E-state index >= 15 is 0 Å².